The van der Waals surface area contributed by atoms with Crippen molar-refractivity contribution >= 4 is 11.8 Å². The predicted molar refractivity (Wildman–Crippen MR) is 77.8 cm³/mol. The second kappa shape index (κ2) is 6.16. The summed E-state index contributed by atoms with van der Waals surface area (Å²) in [4.78, 5) is 15.3. The second-order valence-electron chi connectivity index (χ2n) is 4.50. The van der Waals surface area contributed by atoms with E-state index in [1.807, 2.05) is 30.3 Å². The molecule has 2 aromatic rings. The van der Waals surface area contributed by atoms with E-state index < -0.39 is 12.0 Å². The molecule has 0 amide bonds. The van der Waals surface area contributed by atoms with Crippen LogP contribution >= 0.6 is 0 Å². The number of carbonyl (C=O) groups excluding carboxylic acids is 1. The molecule has 5 nitrogen and oxygen atoms in total. The fourth-order valence-corrected chi connectivity index (χ4v) is 1.90. The maximum Gasteiger partial charge on any atom is 0.322 e. The second-order valence-corrected chi connectivity index (χ2v) is 4.50. The van der Waals surface area contributed by atoms with Gasteiger partial charge in [0.2, 0.25) is 0 Å². The van der Waals surface area contributed by atoms with Gasteiger partial charge in [-0.1, -0.05) is 24.3 Å². The Labute approximate surface area is 117 Å². The first-order chi connectivity index (χ1) is 9.60. The van der Waals surface area contributed by atoms with E-state index in [0.29, 0.717) is 12.2 Å². The van der Waals surface area contributed by atoms with Crippen molar-refractivity contribution in [2.24, 2.45) is 5.73 Å². The molecule has 1 heterocycles. The molecule has 1 aromatic heterocycles. The van der Waals surface area contributed by atoms with Crippen molar-refractivity contribution in [2.45, 2.75) is 12.5 Å². The van der Waals surface area contributed by atoms with Crippen LogP contribution in [0.3, 0.4) is 0 Å². The lowest BCUT2D eigenvalue weighted by molar-refractivity contribution is -0.142. The summed E-state index contributed by atoms with van der Waals surface area (Å²) in [6.07, 6.45) is 2.18. The summed E-state index contributed by atoms with van der Waals surface area (Å²) in [6, 6.07) is 10.8. The first-order valence-corrected chi connectivity index (χ1v) is 6.24. The Balaban J connectivity index is 2.10. The van der Waals surface area contributed by atoms with Crippen LogP contribution in [0, 0.1) is 0 Å². The Bertz CT molecular complexity index is 579. The molecule has 0 saturated heterocycles. The van der Waals surface area contributed by atoms with Crippen LogP contribution in [0.15, 0.2) is 42.6 Å². The SMILES string of the molecule is COC(=O)[C@@H](N)Cc1ccc(-c2ccc(N)nc2)cc1. The van der Waals surface area contributed by atoms with Gasteiger partial charge in [0, 0.05) is 11.8 Å². The number of hydrogen-bond donors (Lipinski definition) is 2. The lowest BCUT2D eigenvalue weighted by Gasteiger charge is -2.09. The molecule has 0 saturated carbocycles. The van der Waals surface area contributed by atoms with E-state index in [2.05, 4.69) is 9.72 Å². The number of hydrogen-bond acceptors (Lipinski definition) is 5. The Morgan fingerprint density at radius 2 is 1.85 bits per heavy atom. The van der Waals surface area contributed by atoms with E-state index in [4.69, 9.17) is 11.5 Å². The highest BCUT2D eigenvalue weighted by Gasteiger charge is 2.14. The minimum absolute atomic E-state index is 0.406. The largest absolute Gasteiger partial charge is 0.468 e. The first-order valence-electron chi connectivity index (χ1n) is 6.24. The van der Waals surface area contributed by atoms with Crippen LogP contribution in [-0.4, -0.2) is 24.1 Å². The van der Waals surface area contributed by atoms with Gasteiger partial charge in [0.15, 0.2) is 0 Å². The highest BCUT2D eigenvalue weighted by molar-refractivity contribution is 5.75. The zero-order valence-electron chi connectivity index (χ0n) is 11.2. The van der Waals surface area contributed by atoms with Gasteiger partial charge in [0.1, 0.15) is 11.9 Å². The average Bonchev–Trinajstić information content (AvgIpc) is 2.48. The molecular formula is C15H17N3O2. The Morgan fingerprint density at radius 1 is 1.20 bits per heavy atom. The van der Waals surface area contributed by atoms with Crippen molar-refractivity contribution in [1.82, 2.24) is 4.98 Å². The summed E-state index contributed by atoms with van der Waals surface area (Å²) in [5.41, 5.74) is 14.3. The molecule has 0 unspecified atom stereocenters. The van der Waals surface area contributed by atoms with Crippen molar-refractivity contribution in [2.75, 3.05) is 12.8 Å². The molecule has 1 aromatic carbocycles. The summed E-state index contributed by atoms with van der Waals surface area (Å²) >= 11 is 0. The smallest absolute Gasteiger partial charge is 0.322 e. The van der Waals surface area contributed by atoms with Crippen molar-refractivity contribution in [3.05, 3.63) is 48.2 Å². The highest BCUT2D eigenvalue weighted by Crippen LogP contribution is 2.20. The van der Waals surface area contributed by atoms with Gasteiger partial charge in [-0.3, -0.25) is 4.79 Å². The number of anilines is 1. The minimum atomic E-state index is -0.635. The average molecular weight is 271 g/mol. The zero-order chi connectivity index (χ0) is 14.5. The number of aromatic nitrogens is 1. The number of esters is 1. The molecule has 2 rings (SSSR count). The Kier molecular flexibility index (Phi) is 4.32. The molecule has 1 atom stereocenters. The van der Waals surface area contributed by atoms with Crippen LogP contribution in [0.2, 0.25) is 0 Å². The van der Waals surface area contributed by atoms with Crippen LogP contribution in [-0.2, 0) is 16.0 Å². The lowest BCUT2D eigenvalue weighted by Crippen LogP contribution is -2.33. The van der Waals surface area contributed by atoms with Gasteiger partial charge >= 0.3 is 5.97 Å². The Morgan fingerprint density at radius 3 is 2.40 bits per heavy atom. The van der Waals surface area contributed by atoms with E-state index in [1.165, 1.54) is 7.11 Å². The Hall–Kier alpha value is -2.40. The molecule has 0 aliphatic heterocycles. The number of nitrogen functional groups attached to an aromatic ring is 1. The highest BCUT2D eigenvalue weighted by atomic mass is 16.5. The molecule has 4 N–H and O–H groups in total. The molecule has 20 heavy (non-hydrogen) atoms. The van der Waals surface area contributed by atoms with Crippen LogP contribution in [0.1, 0.15) is 5.56 Å². The van der Waals surface area contributed by atoms with Crippen LogP contribution < -0.4 is 11.5 Å². The fraction of sp³-hybridized carbons (Fsp3) is 0.200. The standard InChI is InChI=1S/C15H17N3O2/c1-20-15(19)13(16)8-10-2-4-11(5-3-10)12-6-7-14(17)18-9-12/h2-7,9,13H,8,16H2,1H3,(H2,17,18)/t13-/m0/s1. The molecule has 0 bridgehead atoms. The molecule has 5 heteroatoms. The van der Waals surface area contributed by atoms with Crippen molar-refractivity contribution in [1.29, 1.82) is 0 Å². The van der Waals surface area contributed by atoms with E-state index in [9.17, 15) is 4.79 Å². The molecule has 0 aliphatic rings. The van der Waals surface area contributed by atoms with E-state index in [-0.39, 0.29) is 0 Å². The molecule has 0 radical (unpaired) electrons. The van der Waals surface area contributed by atoms with E-state index >= 15 is 0 Å². The van der Waals surface area contributed by atoms with Gasteiger partial charge in [-0.25, -0.2) is 4.98 Å². The number of nitrogens with zero attached hydrogens (tertiary/aromatic N) is 1. The van der Waals surface area contributed by atoms with Crippen molar-refractivity contribution in [3.8, 4) is 11.1 Å². The number of methoxy groups -OCH3 is 1. The summed E-state index contributed by atoms with van der Waals surface area (Å²) < 4.78 is 4.60. The van der Waals surface area contributed by atoms with Gasteiger partial charge < -0.3 is 16.2 Å². The van der Waals surface area contributed by atoms with Gasteiger partial charge in [0.25, 0.3) is 0 Å². The summed E-state index contributed by atoms with van der Waals surface area (Å²) in [7, 11) is 1.33. The number of ether oxygens (including phenoxy) is 1. The molecule has 104 valence electrons. The monoisotopic (exact) mass is 271 g/mol. The quantitative estimate of drug-likeness (QED) is 0.820. The lowest BCUT2D eigenvalue weighted by atomic mass is 10.0. The third kappa shape index (κ3) is 3.33. The van der Waals surface area contributed by atoms with E-state index in [1.54, 1.807) is 12.3 Å². The van der Waals surface area contributed by atoms with Gasteiger partial charge in [-0.05, 0) is 29.7 Å². The summed E-state index contributed by atoms with van der Waals surface area (Å²) in [5, 5.41) is 0. The fourth-order valence-electron chi connectivity index (χ4n) is 1.90. The van der Waals surface area contributed by atoms with Crippen LogP contribution in [0.4, 0.5) is 5.82 Å². The third-order valence-corrected chi connectivity index (χ3v) is 3.03. The normalized spacial score (nSPS) is 11.9. The maximum atomic E-state index is 11.3. The van der Waals surface area contributed by atoms with E-state index in [0.717, 1.165) is 16.7 Å². The molecule has 0 spiro atoms. The van der Waals surface area contributed by atoms with Gasteiger partial charge in [0.05, 0.1) is 7.11 Å². The van der Waals surface area contributed by atoms with Gasteiger partial charge in [-0.15, -0.1) is 0 Å². The number of carbonyl (C=O) groups is 1. The third-order valence-electron chi connectivity index (χ3n) is 3.03. The van der Waals surface area contributed by atoms with Crippen LogP contribution in [0.25, 0.3) is 11.1 Å². The maximum absolute atomic E-state index is 11.3. The number of pyridine rings is 1. The minimum Gasteiger partial charge on any atom is -0.468 e. The zero-order valence-corrected chi connectivity index (χ0v) is 11.2. The van der Waals surface area contributed by atoms with Crippen molar-refractivity contribution < 1.29 is 9.53 Å². The molecular weight excluding hydrogens is 254 g/mol. The predicted octanol–water partition coefficient (Wildman–Crippen LogP) is 1.37. The van der Waals surface area contributed by atoms with Crippen molar-refractivity contribution in [3.63, 3.8) is 0 Å². The summed E-state index contributed by atoms with van der Waals surface area (Å²) in [6.45, 7) is 0. The number of nitrogens with two attached hydrogens (primary N) is 2. The van der Waals surface area contributed by atoms with Crippen LogP contribution in [0.5, 0.6) is 0 Å². The number of benzene rings is 1. The summed E-state index contributed by atoms with van der Waals surface area (Å²) in [5.74, 6) is 0.0891. The molecule has 0 fully saturated rings. The molecule has 0 aliphatic carbocycles. The number of rotatable bonds is 4. The topological polar surface area (TPSA) is 91.2 Å². The van der Waals surface area contributed by atoms with Gasteiger partial charge in [-0.2, -0.15) is 0 Å². The first kappa shape index (κ1) is 14.0.